The van der Waals surface area contributed by atoms with Gasteiger partial charge in [0.05, 0.1) is 4.90 Å². The molecule has 0 spiro atoms. The Balaban J connectivity index is 0.000000208. The first kappa shape index (κ1) is 21.1. The van der Waals surface area contributed by atoms with Crippen LogP contribution in [0.15, 0.2) is 47.4 Å². The van der Waals surface area contributed by atoms with Crippen LogP contribution in [0.25, 0.3) is 0 Å². The molecule has 0 bridgehead atoms. The lowest BCUT2D eigenvalue weighted by Crippen LogP contribution is -2.39. The van der Waals surface area contributed by atoms with Crippen LogP contribution in [0.3, 0.4) is 0 Å². The minimum atomic E-state index is -4.86. The molecule has 0 aliphatic carbocycles. The van der Waals surface area contributed by atoms with E-state index in [2.05, 4.69) is 10.1 Å². The molecule has 2 N–H and O–H groups in total. The maximum absolute atomic E-state index is 13.3. The number of benzene rings is 2. The highest BCUT2D eigenvalue weighted by Gasteiger charge is 2.32. The zero-order valence-electron chi connectivity index (χ0n) is 14.1. The lowest BCUT2D eigenvalue weighted by atomic mass is 9.94. The van der Waals surface area contributed by atoms with Crippen LogP contribution in [0.5, 0.6) is 5.75 Å². The Labute approximate surface area is 153 Å². The zero-order valence-corrected chi connectivity index (χ0v) is 14.9. The maximum Gasteiger partial charge on any atom is 0.573 e. The second-order valence-electron chi connectivity index (χ2n) is 5.88. The summed E-state index contributed by atoms with van der Waals surface area (Å²) in [4.78, 5) is -0.0666. The lowest BCUT2D eigenvalue weighted by Gasteiger charge is -2.27. The highest BCUT2D eigenvalue weighted by Crippen LogP contribution is 2.29. The lowest BCUT2D eigenvalue weighted by molar-refractivity contribution is -0.275. The van der Waals surface area contributed by atoms with Crippen molar-refractivity contribution in [1.82, 2.24) is 5.32 Å². The number of halogens is 4. The third-order valence-corrected chi connectivity index (χ3v) is 4.62. The highest BCUT2D eigenvalue weighted by molar-refractivity contribution is 7.85. The molecule has 1 aliphatic rings. The van der Waals surface area contributed by atoms with Gasteiger partial charge in [0.1, 0.15) is 0 Å². The molecule has 0 aromatic heterocycles. The van der Waals surface area contributed by atoms with Gasteiger partial charge in [-0.3, -0.25) is 4.55 Å². The van der Waals surface area contributed by atoms with Gasteiger partial charge in [-0.2, -0.15) is 8.42 Å². The van der Waals surface area contributed by atoms with Crippen molar-refractivity contribution < 1.29 is 35.3 Å². The van der Waals surface area contributed by atoms with E-state index >= 15 is 0 Å². The predicted octanol–water partition coefficient (Wildman–Crippen LogP) is 3.65. The number of rotatable bonds is 3. The van der Waals surface area contributed by atoms with Crippen LogP contribution in [0.1, 0.15) is 17.0 Å². The second kappa shape index (κ2) is 8.24. The molecule has 0 unspecified atom stereocenters. The number of hydrogen-bond acceptors (Lipinski definition) is 4. The minimum absolute atomic E-state index is 0.0666. The van der Waals surface area contributed by atoms with Crippen LogP contribution in [-0.2, 0) is 10.1 Å². The minimum Gasteiger partial charge on any atom is -0.403 e. The first-order chi connectivity index (χ1) is 12.5. The van der Waals surface area contributed by atoms with E-state index in [1.165, 1.54) is 18.2 Å². The van der Waals surface area contributed by atoms with Gasteiger partial charge in [0.2, 0.25) is 0 Å². The molecule has 1 fully saturated rings. The molecule has 148 valence electrons. The summed E-state index contributed by atoms with van der Waals surface area (Å²) >= 11 is 0. The van der Waals surface area contributed by atoms with Gasteiger partial charge in [-0.15, -0.1) is 13.2 Å². The molecule has 0 saturated carbocycles. The van der Waals surface area contributed by atoms with Gasteiger partial charge in [-0.1, -0.05) is 23.8 Å². The summed E-state index contributed by atoms with van der Waals surface area (Å²) in [6, 6.07) is 9.54. The van der Waals surface area contributed by atoms with Crippen LogP contribution in [0.4, 0.5) is 17.6 Å². The third-order valence-electron chi connectivity index (χ3n) is 3.75. The predicted molar refractivity (Wildman–Crippen MR) is 89.7 cm³/mol. The summed E-state index contributed by atoms with van der Waals surface area (Å²) in [7, 11) is -4.02. The van der Waals surface area contributed by atoms with Gasteiger partial charge in [0, 0.05) is 19.0 Å². The topological polar surface area (TPSA) is 75.6 Å². The van der Waals surface area contributed by atoms with E-state index in [-0.39, 0.29) is 10.8 Å². The molecule has 2 aromatic carbocycles. The summed E-state index contributed by atoms with van der Waals surface area (Å²) in [5.41, 5.74) is 1.64. The molecular formula is C17H17F4NO4S. The van der Waals surface area contributed by atoms with Crippen molar-refractivity contribution >= 4 is 10.1 Å². The number of hydrogen-bond donors (Lipinski definition) is 2. The van der Waals surface area contributed by atoms with Crippen LogP contribution >= 0.6 is 0 Å². The van der Waals surface area contributed by atoms with E-state index in [0.29, 0.717) is 5.56 Å². The molecule has 10 heteroatoms. The van der Waals surface area contributed by atoms with Crippen LogP contribution in [0.2, 0.25) is 0 Å². The summed E-state index contributed by atoms with van der Waals surface area (Å²) in [5, 5.41) is 3.00. The highest BCUT2D eigenvalue weighted by atomic mass is 32.2. The molecule has 2 aromatic rings. The summed E-state index contributed by atoms with van der Waals surface area (Å²) in [6.07, 6.45) is -4.86. The van der Waals surface area contributed by atoms with Crippen LogP contribution in [-0.4, -0.2) is 32.4 Å². The molecule has 1 heterocycles. The number of nitrogens with one attached hydrogen (secondary N) is 1. The molecule has 3 rings (SSSR count). The number of aryl methyl sites for hydroxylation is 1. The van der Waals surface area contributed by atoms with Gasteiger partial charge in [0.15, 0.2) is 11.6 Å². The van der Waals surface area contributed by atoms with Crippen molar-refractivity contribution in [3.8, 4) is 5.75 Å². The molecule has 0 amide bonds. The quantitative estimate of drug-likeness (QED) is 0.600. The second-order valence-corrected chi connectivity index (χ2v) is 7.30. The monoisotopic (exact) mass is 407 g/mol. The van der Waals surface area contributed by atoms with E-state index in [0.717, 1.165) is 30.8 Å². The van der Waals surface area contributed by atoms with Gasteiger partial charge in [-0.25, -0.2) is 4.39 Å². The van der Waals surface area contributed by atoms with E-state index in [4.69, 9.17) is 4.55 Å². The van der Waals surface area contributed by atoms with Crippen molar-refractivity contribution in [2.75, 3.05) is 13.1 Å². The molecule has 27 heavy (non-hydrogen) atoms. The Morgan fingerprint density at radius 3 is 2.11 bits per heavy atom. The summed E-state index contributed by atoms with van der Waals surface area (Å²) in [5.74, 6) is -1.60. The Morgan fingerprint density at radius 1 is 1.11 bits per heavy atom. The summed E-state index contributed by atoms with van der Waals surface area (Å²) in [6.45, 7) is 3.28. The maximum atomic E-state index is 13.3. The van der Waals surface area contributed by atoms with E-state index in [1.54, 1.807) is 12.1 Å². The van der Waals surface area contributed by atoms with E-state index in [9.17, 15) is 26.0 Å². The average Bonchev–Trinajstić information content (AvgIpc) is 2.47. The van der Waals surface area contributed by atoms with E-state index in [1.807, 2.05) is 6.92 Å². The standard InChI is InChI=1S/C10H9F4NO.C7H8O3S/c11-8-3-6(7-4-15-5-7)1-2-9(8)16-10(12,13)14;1-6-2-4-7(5-3-6)11(8,9)10/h1-3,7,15H,4-5H2;2-5H,1H3,(H,8,9,10). The molecule has 1 saturated heterocycles. The van der Waals surface area contributed by atoms with Gasteiger partial charge >= 0.3 is 6.36 Å². The molecule has 5 nitrogen and oxygen atoms in total. The molecule has 1 aliphatic heterocycles. The van der Waals surface area contributed by atoms with Gasteiger partial charge in [-0.05, 0) is 36.8 Å². The van der Waals surface area contributed by atoms with Crippen molar-refractivity contribution in [2.24, 2.45) is 0 Å². The fourth-order valence-corrected chi connectivity index (χ4v) is 2.69. The number of alkyl halides is 3. The fourth-order valence-electron chi connectivity index (χ4n) is 2.21. The number of ether oxygens (including phenoxy) is 1. The smallest absolute Gasteiger partial charge is 0.403 e. The van der Waals surface area contributed by atoms with Crippen molar-refractivity contribution in [1.29, 1.82) is 0 Å². The van der Waals surface area contributed by atoms with Crippen LogP contribution in [0, 0.1) is 12.7 Å². The zero-order chi connectivity index (χ0) is 20.2. The Hall–Kier alpha value is -2.17. The average molecular weight is 407 g/mol. The SMILES string of the molecule is Cc1ccc(S(=O)(=O)O)cc1.Fc1cc(C2CNC2)ccc1OC(F)(F)F. The Morgan fingerprint density at radius 2 is 1.70 bits per heavy atom. The first-order valence-corrected chi connectivity index (χ1v) is 9.20. The molecule has 0 atom stereocenters. The Kier molecular flexibility index (Phi) is 6.45. The Bertz CT molecular complexity index is 879. The van der Waals surface area contributed by atoms with Crippen molar-refractivity contribution in [3.63, 3.8) is 0 Å². The van der Waals surface area contributed by atoms with E-state index < -0.39 is 28.0 Å². The first-order valence-electron chi connectivity index (χ1n) is 7.76. The third kappa shape index (κ3) is 6.49. The normalized spacial score (nSPS) is 14.7. The largest absolute Gasteiger partial charge is 0.573 e. The van der Waals surface area contributed by atoms with Crippen LogP contribution < -0.4 is 10.1 Å². The molecule has 0 radical (unpaired) electrons. The summed E-state index contributed by atoms with van der Waals surface area (Å²) < 4.78 is 81.9. The van der Waals surface area contributed by atoms with Gasteiger partial charge in [0.25, 0.3) is 10.1 Å². The molecular weight excluding hydrogens is 390 g/mol. The van der Waals surface area contributed by atoms with Crippen molar-refractivity contribution in [3.05, 3.63) is 59.4 Å². The van der Waals surface area contributed by atoms with Gasteiger partial charge < -0.3 is 10.1 Å². The van der Waals surface area contributed by atoms with Crippen molar-refractivity contribution in [2.45, 2.75) is 24.1 Å². The fraction of sp³-hybridized carbons (Fsp3) is 0.294.